The highest BCUT2D eigenvalue weighted by Crippen LogP contribution is 2.13. The van der Waals surface area contributed by atoms with E-state index in [4.69, 9.17) is 0 Å². The lowest BCUT2D eigenvalue weighted by Crippen LogP contribution is -1.95. The predicted octanol–water partition coefficient (Wildman–Crippen LogP) is 5.04. The van der Waals surface area contributed by atoms with Crippen LogP contribution in [0, 0.1) is 18.8 Å². The minimum atomic E-state index is -1.03. The van der Waals surface area contributed by atoms with Gasteiger partial charge in [0.05, 0.1) is 0 Å². The van der Waals surface area contributed by atoms with Crippen LogP contribution in [0.15, 0.2) is 48.6 Å². The van der Waals surface area contributed by atoms with Crippen LogP contribution >= 0.6 is 0 Å². The van der Waals surface area contributed by atoms with Gasteiger partial charge in [0.15, 0.2) is 0 Å². The molecule has 1 aromatic rings. The topological polar surface area (TPSA) is 0 Å². The molecule has 0 spiro atoms. The van der Waals surface area contributed by atoms with Crippen molar-refractivity contribution < 1.29 is 4.39 Å². The first-order valence-electron chi connectivity index (χ1n) is 6.74. The van der Waals surface area contributed by atoms with Crippen LogP contribution in [0.3, 0.4) is 0 Å². The summed E-state index contributed by atoms with van der Waals surface area (Å²) in [4.78, 5) is 0. The molecule has 104 valence electrons. The fourth-order valence-electron chi connectivity index (χ4n) is 1.83. The molecule has 1 rings (SSSR count). The molecule has 1 unspecified atom stereocenters. The summed E-state index contributed by atoms with van der Waals surface area (Å²) in [6, 6.07) is 6.31. The molecule has 0 amide bonds. The van der Waals surface area contributed by atoms with E-state index in [-0.39, 0.29) is 0 Å². The zero-order chi connectivity index (χ0) is 15.0. The summed E-state index contributed by atoms with van der Waals surface area (Å²) in [5.41, 5.74) is 4.10. The van der Waals surface area contributed by atoms with E-state index >= 15 is 0 Å². The average Bonchev–Trinajstić information content (AvgIpc) is 2.43. The van der Waals surface area contributed by atoms with Gasteiger partial charge < -0.3 is 0 Å². The quantitative estimate of drug-likeness (QED) is 0.518. The summed E-state index contributed by atoms with van der Waals surface area (Å²) in [5.74, 6) is 5.50. The Hall–Kier alpha value is -2.07. The smallest absolute Gasteiger partial charge is 0.130 e. The molecule has 0 N–H and O–H groups in total. The van der Waals surface area contributed by atoms with Gasteiger partial charge in [-0.2, -0.15) is 0 Å². The van der Waals surface area contributed by atoms with Gasteiger partial charge in [-0.25, -0.2) is 4.39 Å². The highest BCUT2D eigenvalue weighted by atomic mass is 19.1. The Kier molecular flexibility index (Phi) is 6.53. The van der Waals surface area contributed by atoms with E-state index in [9.17, 15) is 4.39 Å². The first kappa shape index (κ1) is 16.0. The molecular weight excluding hydrogens is 247 g/mol. The van der Waals surface area contributed by atoms with Gasteiger partial charge in [-0.15, -0.1) is 5.92 Å². The van der Waals surface area contributed by atoms with Crippen molar-refractivity contribution in [3.63, 3.8) is 0 Å². The molecule has 0 nitrogen and oxygen atoms in total. The second-order valence-corrected chi connectivity index (χ2v) is 4.64. The first-order valence-corrected chi connectivity index (χ1v) is 6.74. The van der Waals surface area contributed by atoms with Crippen molar-refractivity contribution in [1.82, 2.24) is 0 Å². The Morgan fingerprint density at radius 3 is 2.80 bits per heavy atom. The molecular formula is C19H21F. The summed E-state index contributed by atoms with van der Waals surface area (Å²) in [5, 5.41) is 0. The van der Waals surface area contributed by atoms with Crippen molar-refractivity contribution in [2.24, 2.45) is 0 Å². The SMILES string of the molecule is C=Cc1cc(C/C=C/C=C(\C#CC)C(C)F)ccc1C. The summed E-state index contributed by atoms with van der Waals surface area (Å²) in [6.07, 6.45) is 7.26. The maximum atomic E-state index is 13.2. The molecule has 0 radical (unpaired) electrons. The van der Waals surface area contributed by atoms with Gasteiger partial charge in [0.25, 0.3) is 0 Å². The van der Waals surface area contributed by atoms with Crippen molar-refractivity contribution in [2.45, 2.75) is 33.4 Å². The predicted molar refractivity (Wildman–Crippen MR) is 86.2 cm³/mol. The number of benzene rings is 1. The maximum absolute atomic E-state index is 13.2. The highest BCUT2D eigenvalue weighted by molar-refractivity contribution is 5.53. The molecule has 1 aromatic carbocycles. The van der Waals surface area contributed by atoms with Gasteiger partial charge in [0.1, 0.15) is 6.17 Å². The molecule has 0 saturated heterocycles. The van der Waals surface area contributed by atoms with Gasteiger partial charge in [0, 0.05) is 5.57 Å². The summed E-state index contributed by atoms with van der Waals surface area (Å²) in [7, 11) is 0. The van der Waals surface area contributed by atoms with Gasteiger partial charge in [-0.1, -0.05) is 48.9 Å². The van der Waals surface area contributed by atoms with Crippen LogP contribution in [0.25, 0.3) is 6.08 Å². The number of hydrogen-bond acceptors (Lipinski definition) is 0. The Balaban J connectivity index is 2.75. The molecule has 0 aliphatic rings. The average molecular weight is 268 g/mol. The summed E-state index contributed by atoms with van der Waals surface area (Å²) in [6.45, 7) is 9.09. The van der Waals surface area contributed by atoms with Crippen molar-refractivity contribution in [3.8, 4) is 11.8 Å². The van der Waals surface area contributed by atoms with Crippen LogP contribution in [0.1, 0.15) is 30.5 Å². The number of rotatable bonds is 5. The van der Waals surface area contributed by atoms with Gasteiger partial charge in [-0.3, -0.25) is 0 Å². The van der Waals surface area contributed by atoms with Crippen molar-refractivity contribution >= 4 is 6.08 Å². The summed E-state index contributed by atoms with van der Waals surface area (Å²) >= 11 is 0. The molecule has 0 heterocycles. The van der Waals surface area contributed by atoms with Crippen molar-refractivity contribution in [2.75, 3.05) is 0 Å². The molecule has 20 heavy (non-hydrogen) atoms. The summed E-state index contributed by atoms with van der Waals surface area (Å²) < 4.78 is 13.2. The lowest BCUT2D eigenvalue weighted by Gasteiger charge is -2.03. The Morgan fingerprint density at radius 1 is 1.45 bits per heavy atom. The highest BCUT2D eigenvalue weighted by Gasteiger charge is 2.01. The minimum Gasteiger partial charge on any atom is -0.242 e. The maximum Gasteiger partial charge on any atom is 0.130 e. The van der Waals surface area contributed by atoms with Crippen LogP contribution in [-0.4, -0.2) is 6.17 Å². The standard InChI is InChI=1S/C19H21F/c1-5-9-19(16(4)20)11-8-7-10-17-13-12-15(3)18(6-2)14-17/h6-8,11-14,16H,2,10H2,1,3-4H3/b8-7+,19-11+. The largest absolute Gasteiger partial charge is 0.242 e. The third kappa shape index (κ3) is 4.90. The van der Waals surface area contributed by atoms with Gasteiger partial charge in [-0.05, 0) is 50.0 Å². The fraction of sp³-hybridized carbons (Fsp3) is 0.263. The zero-order valence-electron chi connectivity index (χ0n) is 12.4. The van der Waals surface area contributed by atoms with E-state index in [0.717, 1.165) is 12.0 Å². The molecule has 0 aromatic heterocycles. The van der Waals surface area contributed by atoms with Crippen LogP contribution in [0.2, 0.25) is 0 Å². The van der Waals surface area contributed by atoms with Crippen molar-refractivity contribution in [1.29, 1.82) is 0 Å². The molecule has 0 bridgehead atoms. The monoisotopic (exact) mass is 268 g/mol. The first-order chi connectivity index (χ1) is 9.58. The van der Waals surface area contributed by atoms with Gasteiger partial charge >= 0.3 is 0 Å². The molecule has 0 fully saturated rings. The van der Waals surface area contributed by atoms with E-state index < -0.39 is 6.17 Å². The molecule has 0 saturated carbocycles. The van der Waals surface area contributed by atoms with E-state index in [2.05, 4.69) is 43.5 Å². The van der Waals surface area contributed by atoms with Crippen LogP contribution in [0.5, 0.6) is 0 Å². The van der Waals surface area contributed by atoms with Crippen molar-refractivity contribution in [3.05, 3.63) is 65.3 Å². The third-order valence-corrected chi connectivity index (χ3v) is 3.03. The number of allylic oxidation sites excluding steroid dienone is 4. The third-order valence-electron chi connectivity index (χ3n) is 3.03. The minimum absolute atomic E-state index is 0.513. The van der Waals surface area contributed by atoms with E-state index in [1.807, 2.05) is 18.2 Å². The fourth-order valence-corrected chi connectivity index (χ4v) is 1.83. The van der Waals surface area contributed by atoms with E-state index in [1.165, 1.54) is 18.1 Å². The molecule has 0 aliphatic heterocycles. The number of halogens is 1. The number of hydrogen-bond donors (Lipinski definition) is 0. The lowest BCUT2D eigenvalue weighted by atomic mass is 10.0. The second kappa shape index (κ2) is 8.17. The Bertz CT molecular complexity index is 578. The molecule has 1 atom stereocenters. The normalized spacial score (nSPS) is 12.9. The van der Waals surface area contributed by atoms with Crippen LogP contribution in [0.4, 0.5) is 4.39 Å². The number of alkyl halides is 1. The van der Waals surface area contributed by atoms with Gasteiger partial charge in [0.2, 0.25) is 0 Å². The van der Waals surface area contributed by atoms with Crippen LogP contribution < -0.4 is 0 Å². The second-order valence-electron chi connectivity index (χ2n) is 4.64. The van der Waals surface area contributed by atoms with E-state index in [0.29, 0.717) is 5.57 Å². The number of aryl methyl sites for hydroxylation is 1. The van der Waals surface area contributed by atoms with E-state index in [1.54, 1.807) is 13.0 Å². The lowest BCUT2D eigenvalue weighted by molar-refractivity contribution is 0.419. The molecule has 1 heteroatoms. The Labute approximate surface area is 121 Å². The molecule has 0 aliphatic carbocycles. The van der Waals surface area contributed by atoms with Crippen LogP contribution in [-0.2, 0) is 6.42 Å². The zero-order valence-corrected chi connectivity index (χ0v) is 12.4. The Morgan fingerprint density at radius 2 is 2.20 bits per heavy atom.